The van der Waals surface area contributed by atoms with Crippen molar-refractivity contribution in [3.05, 3.63) is 29.6 Å². The first-order valence-electron chi connectivity index (χ1n) is 5.55. The highest BCUT2D eigenvalue weighted by Gasteiger charge is 2.31. The number of aliphatic hydroxyl groups is 1. The van der Waals surface area contributed by atoms with Crippen LogP contribution in [0.15, 0.2) is 18.2 Å². The van der Waals surface area contributed by atoms with Crippen LogP contribution in [0.2, 0.25) is 0 Å². The van der Waals surface area contributed by atoms with Crippen LogP contribution in [-0.4, -0.2) is 32.3 Å². The van der Waals surface area contributed by atoms with Gasteiger partial charge in [0.15, 0.2) is 0 Å². The van der Waals surface area contributed by atoms with Crippen molar-refractivity contribution in [2.45, 2.75) is 24.9 Å². The normalized spacial score (nSPS) is 23.6. The number of aliphatic hydroxyl groups excluding tert-OH is 1. The number of fused-ring (bicyclic) bond motifs is 1. The summed E-state index contributed by atoms with van der Waals surface area (Å²) in [6.45, 7) is 0. The maximum absolute atomic E-state index is 11.0. The van der Waals surface area contributed by atoms with Crippen molar-refractivity contribution in [2.75, 3.05) is 0 Å². The molecule has 5 nitrogen and oxygen atoms in total. The van der Waals surface area contributed by atoms with E-state index in [0.29, 0.717) is 18.4 Å². The predicted octanol–water partition coefficient (Wildman–Crippen LogP) is 1.50. The van der Waals surface area contributed by atoms with E-state index in [4.69, 9.17) is 5.11 Å². The van der Waals surface area contributed by atoms with Gasteiger partial charge in [-0.2, -0.15) is 0 Å². The lowest BCUT2D eigenvalue weighted by atomic mass is 9.82. The van der Waals surface area contributed by atoms with Crippen LogP contribution in [0.25, 0.3) is 11.0 Å². The van der Waals surface area contributed by atoms with Gasteiger partial charge in [-0.25, -0.2) is 9.78 Å². The fourth-order valence-corrected chi connectivity index (χ4v) is 2.23. The molecule has 1 aromatic carbocycles. The number of para-hydroxylation sites is 1. The Morgan fingerprint density at radius 3 is 2.82 bits per heavy atom. The average molecular weight is 232 g/mol. The van der Waals surface area contributed by atoms with E-state index in [1.165, 1.54) is 0 Å². The number of nitrogens with zero attached hydrogens (tertiary/aromatic N) is 1. The van der Waals surface area contributed by atoms with Crippen molar-refractivity contribution in [3.63, 3.8) is 0 Å². The van der Waals surface area contributed by atoms with Crippen molar-refractivity contribution >= 4 is 17.0 Å². The number of aromatic carboxylic acids is 1. The molecule has 1 aliphatic rings. The van der Waals surface area contributed by atoms with Crippen molar-refractivity contribution in [3.8, 4) is 0 Å². The molecule has 1 aliphatic carbocycles. The summed E-state index contributed by atoms with van der Waals surface area (Å²) >= 11 is 0. The molecule has 1 fully saturated rings. The zero-order valence-corrected chi connectivity index (χ0v) is 9.05. The van der Waals surface area contributed by atoms with E-state index < -0.39 is 5.97 Å². The van der Waals surface area contributed by atoms with Crippen LogP contribution < -0.4 is 0 Å². The van der Waals surface area contributed by atoms with E-state index in [9.17, 15) is 9.90 Å². The SMILES string of the molecule is O=C(O)c1cccc2[nH]c(C3CC(O)C3)nc12. The third kappa shape index (κ3) is 1.59. The Bertz CT molecular complexity index is 584. The summed E-state index contributed by atoms with van der Waals surface area (Å²) in [5.74, 6) is 0.0281. The first-order chi connectivity index (χ1) is 8.15. The Kier molecular flexibility index (Phi) is 2.16. The van der Waals surface area contributed by atoms with E-state index >= 15 is 0 Å². The Labute approximate surface area is 97.1 Å². The second kappa shape index (κ2) is 3.56. The number of imidazole rings is 1. The van der Waals surface area contributed by atoms with Crippen LogP contribution >= 0.6 is 0 Å². The molecule has 0 unspecified atom stereocenters. The third-order valence-corrected chi connectivity index (χ3v) is 3.26. The molecule has 0 aliphatic heterocycles. The largest absolute Gasteiger partial charge is 0.478 e. The highest BCUT2D eigenvalue weighted by Crippen LogP contribution is 2.36. The number of benzene rings is 1. The number of carboxylic acid groups (broad SMARTS) is 1. The number of carboxylic acids is 1. The lowest BCUT2D eigenvalue weighted by molar-refractivity contribution is 0.0695. The number of carbonyl (C=O) groups is 1. The van der Waals surface area contributed by atoms with E-state index in [0.717, 1.165) is 11.3 Å². The molecule has 88 valence electrons. The minimum absolute atomic E-state index is 0.213. The summed E-state index contributed by atoms with van der Waals surface area (Å²) in [7, 11) is 0. The molecule has 0 bridgehead atoms. The predicted molar refractivity (Wildman–Crippen MR) is 61.0 cm³/mol. The van der Waals surface area contributed by atoms with E-state index in [2.05, 4.69) is 9.97 Å². The lowest BCUT2D eigenvalue weighted by Gasteiger charge is -2.29. The topological polar surface area (TPSA) is 86.2 Å². The molecule has 5 heteroatoms. The number of nitrogens with one attached hydrogen (secondary N) is 1. The van der Waals surface area contributed by atoms with Crippen molar-refractivity contribution in [1.82, 2.24) is 9.97 Å². The number of hydrogen-bond donors (Lipinski definition) is 3. The van der Waals surface area contributed by atoms with Gasteiger partial charge in [-0.05, 0) is 25.0 Å². The Hall–Kier alpha value is -1.88. The first kappa shape index (κ1) is 10.3. The van der Waals surface area contributed by atoms with Crippen molar-refractivity contribution in [1.29, 1.82) is 0 Å². The summed E-state index contributed by atoms with van der Waals surface area (Å²) in [6, 6.07) is 5.06. The van der Waals surface area contributed by atoms with E-state index in [1.807, 2.05) is 6.07 Å². The number of aromatic amines is 1. The second-order valence-corrected chi connectivity index (χ2v) is 4.45. The molecular weight excluding hydrogens is 220 g/mol. The zero-order valence-electron chi connectivity index (χ0n) is 9.05. The minimum Gasteiger partial charge on any atom is -0.478 e. The van der Waals surface area contributed by atoms with Gasteiger partial charge < -0.3 is 15.2 Å². The number of hydrogen-bond acceptors (Lipinski definition) is 3. The fourth-order valence-electron chi connectivity index (χ4n) is 2.23. The van der Waals surface area contributed by atoms with Crippen molar-refractivity contribution < 1.29 is 15.0 Å². The average Bonchev–Trinajstić information content (AvgIpc) is 2.66. The monoisotopic (exact) mass is 232 g/mol. The highest BCUT2D eigenvalue weighted by molar-refractivity contribution is 6.00. The van der Waals surface area contributed by atoms with Crippen LogP contribution in [0.5, 0.6) is 0 Å². The molecule has 2 aromatic rings. The second-order valence-electron chi connectivity index (χ2n) is 4.45. The molecule has 1 aromatic heterocycles. The molecule has 0 atom stereocenters. The molecule has 1 saturated carbocycles. The molecular formula is C12H12N2O3. The van der Waals surface area contributed by atoms with Crippen LogP contribution in [0.3, 0.4) is 0 Å². The Balaban J connectivity index is 2.06. The van der Waals surface area contributed by atoms with Crippen LogP contribution in [-0.2, 0) is 0 Å². The molecule has 3 N–H and O–H groups in total. The van der Waals surface area contributed by atoms with Crippen LogP contribution in [0, 0.1) is 0 Å². The smallest absolute Gasteiger partial charge is 0.337 e. The van der Waals surface area contributed by atoms with Gasteiger partial charge in [0.25, 0.3) is 0 Å². The van der Waals surface area contributed by atoms with Gasteiger partial charge in [0.1, 0.15) is 11.3 Å². The van der Waals surface area contributed by atoms with Crippen LogP contribution in [0.4, 0.5) is 0 Å². The molecule has 0 amide bonds. The molecule has 17 heavy (non-hydrogen) atoms. The quantitative estimate of drug-likeness (QED) is 0.732. The molecule has 0 spiro atoms. The molecule has 0 radical (unpaired) electrons. The van der Waals surface area contributed by atoms with Gasteiger partial charge in [0, 0.05) is 5.92 Å². The van der Waals surface area contributed by atoms with Gasteiger partial charge in [-0.3, -0.25) is 0 Å². The maximum atomic E-state index is 11.0. The maximum Gasteiger partial charge on any atom is 0.337 e. The summed E-state index contributed by atoms with van der Waals surface area (Å²) in [4.78, 5) is 18.5. The summed E-state index contributed by atoms with van der Waals surface area (Å²) < 4.78 is 0. The third-order valence-electron chi connectivity index (χ3n) is 3.26. The van der Waals surface area contributed by atoms with Gasteiger partial charge in [-0.1, -0.05) is 6.07 Å². The van der Waals surface area contributed by atoms with Gasteiger partial charge in [0.2, 0.25) is 0 Å². The number of H-pyrrole nitrogens is 1. The Morgan fingerprint density at radius 1 is 1.41 bits per heavy atom. The summed E-state index contributed by atoms with van der Waals surface area (Å²) in [5.41, 5.74) is 1.45. The summed E-state index contributed by atoms with van der Waals surface area (Å²) in [6.07, 6.45) is 1.15. The minimum atomic E-state index is -0.970. The summed E-state index contributed by atoms with van der Waals surface area (Å²) in [5, 5.41) is 18.3. The first-order valence-corrected chi connectivity index (χ1v) is 5.55. The van der Waals surface area contributed by atoms with Crippen molar-refractivity contribution in [2.24, 2.45) is 0 Å². The number of rotatable bonds is 2. The molecule has 1 heterocycles. The number of aromatic nitrogens is 2. The van der Waals surface area contributed by atoms with Gasteiger partial charge in [0.05, 0.1) is 17.2 Å². The van der Waals surface area contributed by atoms with E-state index in [1.54, 1.807) is 12.1 Å². The van der Waals surface area contributed by atoms with Gasteiger partial charge >= 0.3 is 5.97 Å². The lowest BCUT2D eigenvalue weighted by Crippen LogP contribution is -2.27. The van der Waals surface area contributed by atoms with Gasteiger partial charge in [-0.15, -0.1) is 0 Å². The molecule has 3 rings (SSSR count). The fraction of sp³-hybridized carbons (Fsp3) is 0.333. The molecule has 0 saturated heterocycles. The Morgan fingerprint density at radius 2 is 2.18 bits per heavy atom. The zero-order chi connectivity index (χ0) is 12.0. The van der Waals surface area contributed by atoms with E-state index in [-0.39, 0.29) is 17.6 Å². The standard InChI is InChI=1S/C12H12N2O3/c15-7-4-6(5-7)11-13-9-3-1-2-8(12(16)17)10(9)14-11/h1-3,6-7,15H,4-5H2,(H,13,14)(H,16,17). The van der Waals surface area contributed by atoms with Crippen LogP contribution in [0.1, 0.15) is 34.9 Å². The highest BCUT2D eigenvalue weighted by atomic mass is 16.4.